The van der Waals surface area contributed by atoms with Crippen LogP contribution in [0.5, 0.6) is 0 Å². The fourth-order valence-electron chi connectivity index (χ4n) is 4.24. The van der Waals surface area contributed by atoms with Gasteiger partial charge in [-0.3, -0.25) is 19.2 Å². The number of imidazole rings is 1. The van der Waals surface area contributed by atoms with E-state index >= 15 is 0 Å². The minimum absolute atomic E-state index is 0.0228. The molecule has 5 rings (SSSR count). The van der Waals surface area contributed by atoms with Gasteiger partial charge in [0.15, 0.2) is 5.65 Å². The highest BCUT2D eigenvalue weighted by atomic mass is 35.5. The van der Waals surface area contributed by atoms with Gasteiger partial charge in [0, 0.05) is 56.5 Å². The van der Waals surface area contributed by atoms with Crippen LogP contribution in [0.15, 0.2) is 61.3 Å². The van der Waals surface area contributed by atoms with Crippen LogP contribution in [0, 0.1) is 0 Å². The molecule has 1 aliphatic heterocycles. The monoisotopic (exact) mass is 495 g/mol. The second-order valence-corrected chi connectivity index (χ2v) is 8.92. The minimum atomic E-state index is -0.449. The molecule has 1 N–H and O–H groups in total. The van der Waals surface area contributed by atoms with Gasteiger partial charge in [-0.25, -0.2) is 4.98 Å². The molecule has 0 spiro atoms. The summed E-state index contributed by atoms with van der Waals surface area (Å²) in [6.45, 7) is 4.29. The molecule has 1 unspecified atom stereocenters. The first kappa shape index (κ1) is 22.4. The van der Waals surface area contributed by atoms with Crippen LogP contribution in [0.1, 0.15) is 6.92 Å². The first-order chi connectivity index (χ1) is 16.5. The molecule has 4 aromatic rings. The van der Waals surface area contributed by atoms with Gasteiger partial charge < -0.3 is 15.1 Å². The van der Waals surface area contributed by atoms with E-state index < -0.39 is 6.04 Å². The minimum Gasteiger partial charge on any atom is -0.365 e. The molecule has 0 radical (unpaired) electrons. The number of pyridine rings is 1. The van der Waals surface area contributed by atoms with Crippen molar-refractivity contribution in [3.05, 3.63) is 71.4 Å². The number of rotatable bonds is 5. The molecule has 1 saturated heterocycles. The van der Waals surface area contributed by atoms with Crippen molar-refractivity contribution in [2.75, 3.05) is 36.4 Å². The van der Waals surface area contributed by atoms with Gasteiger partial charge in [0.05, 0.1) is 21.9 Å². The van der Waals surface area contributed by atoms with Crippen molar-refractivity contribution in [1.29, 1.82) is 0 Å². The number of piperazine rings is 1. The number of hydrogen-bond acceptors (Lipinski definition) is 6. The summed E-state index contributed by atoms with van der Waals surface area (Å²) >= 11 is 12.6. The summed E-state index contributed by atoms with van der Waals surface area (Å²) in [5.41, 5.74) is 3.22. The average molecular weight is 496 g/mol. The molecule has 34 heavy (non-hydrogen) atoms. The molecule has 0 aliphatic carbocycles. The summed E-state index contributed by atoms with van der Waals surface area (Å²) in [5, 5.41) is 4.43. The van der Waals surface area contributed by atoms with Gasteiger partial charge in [0.25, 0.3) is 0 Å². The average Bonchev–Trinajstić information content (AvgIpc) is 3.23. The van der Waals surface area contributed by atoms with Gasteiger partial charge >= 0.3 is 0 Å². The zero-order valence-electron chi connectivity index (χ0n) is 18.5. The zero-order chi connectivity index (χ0) is 23.7. The molecular weight excluding hydrogens is 473 g/mol. The molecule has 4 heterocycles. The zero-order valence-corrected chi connectivity index (χ0v) is 20.0. The van der Waals surface area contributed by atoms with Crippen molar-refractivity contribution >= 4 is 46.3 Å². The Morgan fingerprint density at radius 1 is 1.00 bits per heavy atom. The van der Waals surface area contributed by atoms with Gasteiger partial charge in [0.2, 0.25) is 5.91 Å². The summed E-state index contributed by atoms with van der Waals surface area (Å²) in [5.74, 6) is 0.785. The second kappa shape index (κ2) is 9.48. The first-order valence-electron chi connectivity index (χ1n) is 11.0. The van der Waals surface area contributed by atoms with Crippen LogP contribution >= 0.6 is 23.2 Å². The van der Waals surface area contributed by atoms with E-state index in [4.69, 9.17) is 28.2 Å². The maximum Gasteiger partial charge on any atom is 0.244 e. The quantitative estimate of drug-likeness (QED) is 0.445. The number of amides is 1. The van der Waals surface area contributed by atoms with Crippen LogP contribution < -0.4 is 10.2 Å². The number of carbonyl (C=O) groups excluding carboxylic acids is 1. The highest BCUT2D eigenvalue weighted by molar-refractivity contribution is 6.38. The number of nitrogens with one attached hydrogen (secondary N) is 1. The Labute approximate surface area is 207 Å². The number of hydrogen-bond donors (Lipinski definition) is 1. The number of aromatic nitrogens is 4. The second-order valence-electron chi connectivity index (χ2n) is 8.11. The molecule has 1 aliphatic rings. The number of fused-ring (bicyclic) bond motifs is 1. The summed E-state index contributed by atoms with van der Waals surface area (Å²) in [6, 6.07) is 9.46. The van der Waals surface area contributed by atoms with Gasteiger partial charge in [-0.2, -0.15) is 0 Å². The van der Waals surface area contributed by atoms with Gasteiger partial charge in [-0.1, -0.05) is 53.5 Å². The van der Waals surface area contributed by atoms with Crippen molar-refractivity contribution in [1.82, 2.24) is 24.3 Å². The Bertz CT molecular complexity index is 1300. The van der Waals surface area contributed by atoms with Crippen LogP contribution in [-0.4, -0.2) is 62.4 Å². The molecule has 3 aromatic heterocycles. The van der Waals surface area contributed by atoms with Crippen LogP contribution in [0.2, 0.25) is 10.0 Å². The van der Waals surface area contributed by atoms with E-state index in [9.17, 15) is 4.79 Å². The van der Waals surface area contributed by atoms with Crippen molar-refractivity contribution in [2.24, 2.45) is 0 Å². The lowest BCUT2D eigenvalue weighted by molar-refractivity contribution is -0.131. The Balaban J connectivity index is 1.33. The van der Waals surface area contributed by atoms with E-state index in [0.29, 0.717) is 41.9 Å². The van der Waals surface area contributed by atoms with E-state index in [1.165, 1.54) is 0 Å². The third kappa shape index (κ3) is 4.26. The SMILES string of the molecule is CC(Nc1c(-c2ccccc2)nc2cnccn12)C(=O)N1CCN(c2c(Cl)cncc2Cl)CC1. The molecule has 0 bridgehead atoms. The van der Waals surface area contributed by atoms with Gasteiger partial charge in [-0.15, -0.1) is 0 Å². The van der Waals surface area contributed by atoms with Crippen molar-refractivity contribution in [3.8, 4) is 11.3 Å². The lowest BCUT2D eigenvalue weighted by Crippen LogP contribution is -2.52. The number of anilines is 2. The Kier molecular flexibility index (Phi) is 6.26. The fraction of sp³-hybridized carbons (Fsp3) is 0.250. The molecule has 174 valence electrons. The van der Waals surface area contributed by atoms with E-state index in [1.807, 2.05) is 52.8 Å². The molecule has 10 heteroatoms. The number of halogens is 2. The highest BCUT2D eigenvalue weighted by Crippen LogP contribution is 2.33. The lowest BCUT2D eigenvalue weighted by Gasteiger charge is -2.37. The summed E-state index contributed by atoms with van der Waals surface area (Å²) in [7, 11) is 0. The van der Waals surface area contributed by atoms with E-state index in [-0.39, 0.29) is 5.91 Å². The highest BCUT2D eigenvalue weighted by Gasteiger charge is 2.28. The smallest absolute Gasteiger partial charge is 0.244 e. The lowest BCUT2D eigenvalue weighted by atomic mass is 10.1. The predicted octanol–water partition coefficient (Wildman–Crippen LogP) is 4.25. The maximum atomic E-state index is 13.3. The Hall–Kier alpha value is -3.36. The Morgan fingerprint density at radius 2 is 1.71 bits per heavy atom. The van der Waals surface area contributed by atoms with Crippen molar-refractivity contribution < 1.29 is 4.79 Å². The van der Waals surface area contributed by atoms with E-state index in [1.54, 1.807) is 24.8 Å². The van der Waals surface area contributed by atoms with Crippen LogP contribution in [0.3, 0.4) is 0 Å². The molecule has 0 saturated carbocycles. The topological polar surface area (TPSA) is 78.7 Å². The van der Waals surface area contributed by atoms with Crippen LogP contribution in [-0.2, 0) is 4.79 Å². The van der Waals surface area contributed by atoms with Gasteiger partial charge in [-0.05, 0) is 6.92 Å². The van der Waals surface area contributed by atoms with Crippen molar-refractivity contribution in [2.45, 2.75) is 13.0 Å². The number of nitrogens with zero attached hydrogens (tertiary/aromatic N) is 6. The van der Waals surface area contributed by atoms with E-state index in [2.05, 4.69) is 20.2 Å². The summed E-state index contributed by atoms with van der Waals surface area (Å²) in [4.78, 5) is 30.2. The van der Waals surface area contributed by atoms with Gasteiger partial charge in [0.1, 0.15) is 17.6 Å². The molecular formula is C24H23Cl2N7O. The first-order valence-corrected chi connectivity index (χ1v) is 11.8. The van der Waals surface area contributed by atoms with Crippen molar-refractivity contribution in [3.63, 3.8) is 0 Å². The van der Waals surface area contributed by atoms with Crippen LogP contribution in [0.25, 0.3) is 16.9 Å². The largest absolute Gasteiger partial charge is 0.365 e. The molecule has 1 aromatic carbocycles. The third-order valence-electron chi connectivity index (χ3n) is 5.94. The van der Waals surface area contributed by atoms with E-state index in [0.717, 1.165) is 22.8 Å². The summed E-state index contributed by atoms with van der Waals surface area (Å²) < 4.78 is 1.92. The third-order valence-corrected chi connectivity index (χ3v) is 6.49. The standard InChI is InChI=1S/C24H23Cl2N7O/c1-16(24(34)32-11-9-31(10-12-32)22-18(25)13-28-14-19(22)26)29-23-21(17-5-3-2-4-6-17)30-20-15-27-7-8-33(20)23/h2-8,13-16,29H,9-12H2,1H3. The summed E-state index contributed by atoms with van der Waals surface area (Å²) in [6.07, 6.45) is 8.42. The maximum absolute atomic E-state index is 13.3. The van der Waals surface area contributed by atoms with Crippen LogP contribution in [0.4, 0.5) is 11.5 Å². The fourth-order valence-corrected chi connectivity index (χ4v) is 4.84. The molecule has 1 atom stereocenters. The Morgan fingerprint density at radius 3 is 2.41 bits per heavy atom. The predicted molar refractivity (Wildman–Crippen MR) is 135 cm³/mol. The normalized spacial score (nSPS) is 14.9. The molecule has 1 amide bonds. The number of carbonyl (C=O) groups is 1. The molecule has 1 fully saturated rings. The number of benzene rings is 1. The molecule has 8 nitrogen and oxygen atoms in total.